The summed E-state index contributed by atoms with van der Waals surface area (Å²) >= 11 is 5.44. The molecule has 0 saturated carbocycles. The second kappa shape index (κ2) is 9.54. The lowest BCUT2D eigenvalue weighted by molar-refractivity contribution is 0.0742. The maximum atomic E-state index is 14.6. The van der Waals surface area contributed by atoms with E-state index < -0.39 is 20.7 Å². The zero-order valence-electron chi connectivity index (χ0n) is 19.4. The minimum atomic E-state index is -3.48. The van der Waals surface area contributed by atoms with E-state index in [1.165, 1.54) is 6.08 Å². The minimum Gasteiger partial charge on any atom is -0.384 e. The lowest BCUT2D eigenvalue weighted by Crippen LogP contribution is -2.17. The molecular formula is C24H29ClFN3O3S. The molecule has 0 saturated heterocycles. The molecule has 0 aliphatic rings. The first-order valence-corrected chi connectivity index (χ1v) is 12.6. The van der Waals surface area contributed by atoms with E-state index in [1.807, 2.05) is 13.0 Å². The quantitative estimate of drug-likeness (QED) is 0.430. The monoisotopic (exact) mass is 493 g/mol. The van der Waals surface area contributed by atoms with Crippen LogP contribution >= 0.6 is 11.8 Å². The third kappa shape index (κ3) is 5.14. The normalized spacial score (nSPS) is 13.3. The molecule has 3 aromatic rings. The van der Waals surface area contributed by atoms with Crippen LogP contribution < -0.4 is 4.84 Å². The van der Waals surface area contributed by atoms with Crippen LogP contribution in [0, 0.1) is 6.92 Å². The Morgan fingerprint density at radius 2 is 2.00 bits per heavy atom. The van der Waals surface area contributed by atoms with Gasteiger partial charge in [-0.3, -0.25) is 0 Å². The van der Waals surface area contributed by atoms with Gasteiger partial charge in [0.15, 0.2) is 9.84 Å². The van der Waals surface area contributed by atoms with Gasteiger partial charge < -0.3 is 9.67 Å². The van der Waals surface area contributed by atoms with Crippen molar-refractivity contribution in [1.82, 2.24) is 14.4 Å². The lowest BCUT2D eigenvalue weighted by atomic mass is 10.0. The molecular weight excluding hydrogens is 465 g/mol. The first-order chi connectivity index (χ1) is 15.4. The molecule has 0 atom stereocenters. The Labute approximate surface area is 199 Å². The highest BCUT2D eigenvalue weighted by Crippen LogP contribution is 2.36. The van der Waals surface area contributed by atoms with Gasteiger partial charge in [-0.05, 0) is 82.3 Å². The van der Waals surface area contributed by atoms with Gasteiger partial charge in [-0.1, -0.05) is 12.1 Å². The predicted octanol–water partition coefficient (Wildman–Crippen LogP) is 5.02. The molecule has 33 heavy (non-hydrogen) atoms. The third-order valence-corrected chi connectivity index (χ3v) is 7.88. The number of benzene rings is 1. The highest BCUT2D eigenvalue weighted by Gasteiger charge is 2.25. The molecule has 2 N–H and O–H groups in total. The topological polar surface area (TPSA) is 84.2 Å². The number of halogens is 2. The summed E-state index contributed by atoms with van der Waals surface area (Å²) in [5.41, 5.74) is 2.60. The number of nitrogens with zero attached hydrogens (tertiary/aromatic N) is 2. The zero-order valence-corrected chi connectivity index (χ0v) is 20.9. The summed E-state index contributed by atoms with van der Waals surface area (Å²) in [6.45, 7) is 8.55. The molecule has 0 aliphatic carbocycles. The Morgan fingerprint density at radius 1 is 1.30 bits per heavy atom. The fourth-order valence-electron chi connectivity index (χ4n) is 3.70. The van der Waals surface area contributed by atoms with Crippen molar-refractivity contribution in [1.29, 1.82) is 0 Å². The summed E-state index contributed by atoms with van der Waals surface area (Å²) in [5, 5.41) is 9.94. The molecule has 0 unspecified atom stereocenters. The van der Waals surface area contributed by atoms with Crippen molar-refractivity contribution in [3.63, 3.8) is 0 Å². The van der Waals surface area contributed by atoms with Crippen LogP contribution in [-0.2, 0) is 22.0 Å². The number of hydrogen-bond donors (Lipinski definition) is 2. The molecule has 0 spiro atoms. The van der Waals surface area contributed by atoms with E-state index in [2.05, 4.69) is 4.84 Å². The van der Waals surface area contributed by atoms with Crippen LogP contribution in [0.25, 0.3) is 22.2 Å². The van der Waals surface area contributed by atoms with E-state index in [4.69, 9.17) is 16.8 Å². The second-order valence-corrected chi connectivity index (χ2v) is 11.6. The first-order valence-electron chi connectivity index (χ1n) is 10.6. The number of fused-ring (bicyclic) bond motifs is 1. The largest absolute Gasteiger partial charge is 0.384 e. The number of rotatable bonds is 8. The van der Waals surface area contributed by atoms with Crippen LogP contribution in [0.3, 0.4) is 0 Å². The Kier molecular flexibility index (Phi) is 7.33. The summed E-state index contributed by atoms with van der Waals surface area (Å²) in [5.74, 6) is -0.377. The fraction of sp³-hybridized carbons (Fsp3) is 0.375. The van der Waals surface area contributed by atoms with Crippen molar-refractivity contribution in [2.75, 3.05) is 6.54 Å². The summed E-state index contributed by atoms with van der Waals surface area (Å²) in [6.07, 6.45) is 1.35. The highest BCUT2D eigenvalue weighted by molar-refractivity contribution is 7.92. The van der Waals surface area contributed by atoms with E-state index in [-0.39, 0.29) is 23.8 Å². The van der Waals surface area contributed by atoms with Crippen molar-refractivity contribution in [2.24, 2.45) is 0 Å². The van der Waals surface area contributed by atoms with E-state index in [0.29, 0.717) is 27.9 Å². The van der Waals surface area contributed by atoms with Gasteiger partial charge in [0.1, 0.15) is 11.4 Å². The van der Waals surface area contributed by atoms with Crippen LogP contribution in [0.4, 0.5) is 4.39 Å². The second-order valence-electron chi connectivity index (χ2n) is 8.78. The zero-order chi connectivity index (χ0) is 24.6. The van der Waals surface area contributed by atoms with Gasteiger partial charge in [0.25, 0.3) is 0 Å². The summed E-state index contributed by atoms with van der Waals surface area (Å²) < 4.78 is 41.9. The number of sulfone groups is 1. The lowest BCUT2D eigenvalue weighted by Gasteiger charge is -2.16. The number of nitrogens with one attached hydrogen (secondary N) is 1. The van der Waals surface area contributed by atoms with Gasteiger partial charge in [0, 0.05) is 17.8 Å². The maximum Gasteiger partial charge on any atom is 0.180 e. The first kappa shape index (κ1) is 25.4. The number of pyridine rings is 1. The van der Waals surface area contributed by atoms with Crippen LogP contribution in [0.2, 0.25) is 0 Å². The van der Waals surface area contributed by atoms with Gasteiger partial charge in [-0.15, -0.1) is 0 Å². The maximum absolute atomic E-state index is 14.6. The van der Waals surface area contributed by atoms with Crippen LogP contribution in [0.1, 0.15) is 39.1 Å². The van der Waals surface area contributed by atoms with Gasteiger partial charge in [-0.2, -0.15) is 0 Å². The van der Waals surface area contributed by atoms with Gasteiger partial charge in [0.2, 0.25) is 0 Å². The number of aromatic nitrogens is 2. The average molecular weight is 494 g/mol. The van der Waals surface area contributed by atoms with E-state index in [1.54, 1.807) is 62.6 Å². The molecule has 2 aromatic heterocycles. The Hall–Kier alpha value is -2.26. The predicted molar refractivity (Wildman–Crippen MR) is 131 cm³/mol. The molecule has 1 aromatic carbocycles. The van der Waals surface area contributed by atoms with Crippen molar-refractivity contribution >= 4 is 32.6 Å². The molecule has 2 heterocycles. The number of allylic oxidation sites excluding steroid dienone is 1. The average Bonchev–Trinajstić information content (AvgIpc) is 3.02. The molecule has 6 nitrogen and oxygen atoms in total. The molecule has 0 amide bonds. The number of aliphatic hydroxyl groups is 1. The Bertz CT molecular complexity index is 1310. The van der Waals surface area contributed by atoms with Crippen LogP contribution in [0.15, 0.2) is 53.2 Å². The van der Waals surface area contributed by atoms with Crippen molar-refractivity contribution in [3.05, 3.63) is 59.7 Å². The smallest absolute Gasteiger partial charge is 0.180 e. The van der Waals surface area contributed by atoms with E-state index >= 15 is 0 Å². The van der Waals surface area contributed by atoms with Crippen LogP contribution in [0.5, 0.6) is 0 Å². The molecule has 0 aliphatic heterocycles. The summed E-state index contributed by atoms with van der Waals surface area (Å²) in [7, 11) is -3.48. The SMILES string of the molecule is Cc1c(-c2cccc(S(=O)(=O)C(C)C)c2)c2nc(C(C)(C)O)ccc2n1C/C(F)=C/CNCl. The van der Waals surface area contributed by atoms with Gasteiger partial charge >= 0.3 is 0 Å². The van der Waals surface area contributed by atoms with Gasteiger partial charge in [-0.25, -0.2) is 22.6 Å². The van der Waals surface area contributed by atoms with Crippen molar-refractivity contribution in [2.45, 2.75) is 56.9 Å². The minimum absolute atomic E-state index is 0.0333. The van der Waals surface area contributed by atoms with Gasteiger partial charge in [0.05, 0.1) is 33.4 Å². The molecule has 9 heteroatoms. The molecule has 0 radical (unpaired) electrons. The van der Waals surface area contributed by atoms with Crippen molar-refractivity contribution in [3.8, 4) is 11.1 Å². The molecule has 0 fully saturated rings. The Morgan fingerprint density at radius 3 is 2.61 bits per heavy atom. The van der Waals surface area contributed by atoms with Crippen LogP contribution in [-0.4, -0.2) is 34.9 Å². The standard InChI is InChI=1S/C24H29ClFN3O3S/c1-15(2)33(31,32)19-8-6-7-17(13-19)22-16(3)29(14-18(26)11-12-27-25)20-9-10-21(24(4,5)30)28-23(20)22/h6-11,13,15,27,30H,12,14H2,1-5H3/b18-11-. The van der Waals surface area contributed by atoms with E-state index in [0.717, 1.165) is 5.69 Å². The fourth-order valence-corrected chi connectivity index (χ4v) is 4.88. The highest BCUT2D eigenvalue weighted by atomic mass is 35.5. The third-order valence-electron chi connectivity index (χ3n) is 5.58. The van der Waals surface area contributed by atoms with E-state index in [9.17, 15) is 17.9 Å². The molecule has 178 valence electrons. The number of hydrogen-bond acceptors (Lipinski definition) is 5. The molecule has 0 bridgehead atoms. The molecule has 3 rings (SSSR count). The summed E-state index contributed by atoms with van der Waals surface area (Å²) in [6, 6.07) is 10.2. The Balaban J connectivity index is 2.30. The summed E-state index contributed by atoms with van der Waals surface area (Å²) in [4.78, 5) is 7.29. The van der Waals surface area contributed by atoms with Crippen molar-refractivity contribution < 1.29 is 17.9 Å².